The van der Waals surface area contributed by atoms with Crippen LogP contribution in [0.2, 0.25) is 0 Å². The van der Waals surface area contributed by atoms with Gasteiger partial charge in [-0.15, -0.1) is 5.10 Å². The van der Waals surface area contributed by atoms with Crippen LogP contribution in [-0.4, -0.2) is 48.9 Å². The molecular weight excluding hydrogens is 482 g/mol. The SMILES string of the molecule is CC.CC.CC(C)n1nc(Sc2n[nH]c(Nc3c4c(cc5c3CCC5)CCC4)n2)cc1C(C)[N+](C)(C)O. The van der Waals surface area contributed by atoms with Crippen LogP contribution in [0.5, 0.6) is 0 Å². The number of quaternary nitrogens is 1. The summed E-state index contributed by atoms with van der Waals surface area (Å²) in [6.45, 7) is 14.2. The second-order valence-corrected chi connectivity index (χ2v) is 11.0. The van der Waals surface area contributed by atoms with Gasteiger partial charge in [0.15, 0.2) is 6.04 Å². The maximum Gasteiger partial charge on any atom is 0.224 e. The maximum absolute atomic E-state index is 10.5. The lowest BCUT2D eigenvalue weighted by Gasteiger charge is -2.28. The molecule has 2 heterocycles. The van der Waals surface area contributed by atoms with Crippen LogP contribution in [0.25, 0.3) is 0 Å². The number of H-pyrrole nitrogens is 1. The van der Waals surface area contributed by atoms with E-state index >= 15 is 0 Å². The van der Waals surface area contributed by atoms with Crippen LogP contribution < -0.4 is 5.32 Å². The molecule has 5 rings (SSSR count). The van der Waals surface area contributed by atoms with Crippen molar-refractivity contribution in [2.24, 2.45) is 0 Å². The average Bonchev–Trinajstić information content (AvgIpc) is 3.67. The average molecular weight is 529 g/mol. The predicted molar refractivity (Wildman–Crippen MR) is 152 cm³/mol. The highest BCUT2D eigenvalue weighted by molar-refractivity contribution is 7.99. The molecule has 0 aliphatic heterocycles. The van der Waals surface area contributed by atoms with Crippen molar-refractivity contribution in [3.63, 3.8) is 0 Å². The molecule has 0 saturated heterocycles. The zero-order valence-electron chi connectivity index (χ0n) is 24.1. The van der Waals surface area contributed by atoms with Crippen LogP contribution in [0.1, 0.15) is 101 Å². The summed E-state index contributed by atoms with van der Waals surface area (Å²) in [4.78, 5) is 4.71. The van der Waals surface area contributed by atoms with E-state index < -0.39 is 0 Å². The van der Waals surface area contributed by atoms with Gasteiger partial charge in [0.05, 0.1) is 19.8 Å². The molecule has 3 N–H and O–H groups in total. The number of fused-ring (bicyclic) bond motifs is 2. The summed E-state index contributed by atoms with van der Waals surface area (Å²) in [7, 11) is 3.55. The molecule has 2 aliphatic rings. The summed E-state index contributed by atoms with van der Waals surface area (Å²) in [6.07, 6.45) is 7.08. The molecule has 0 saturated carbocycles. The Morgan fingerprint density at radius 2 is 1.57 bits per heavy atom. The Morgan fingerprint density at radius 3 is 2.11 bits per heavy atom. The monoisotopic (exact) mass is 528 g/mol. The number of aromatic nitrogens is 5. The van der Waals surface area contributed by atoms with Gasteiger partial charge < -0.3 is 5.32 Å². The fourth-order valence-electron chi connectivity index (χ4n) is 5.01. The van der Waals surface area contributed by atoms with E-state index in [1.165, 1.54) is 65.4 Å². The highest BCUT2D eigenvalue weighted by atomic mass is 32.2. The third kappa shape index (κ3) is 6.38. The number of aromatic amines is 1. The molecule has 0 amide bonds. The van der Waals surface area contributed by atoms with Crippen molar-refractivity contribution < 1.29 is 9.85 Å². The number of hydroxylamine groups is 3. The van der Waals surface area contributed by atoms with Gasteiger partial charge in [-0.2, -0.15) is 14.7 Å². The van der Waals surface area contributed by atoms with Crippen molar-refractivity contribution in [2.75, 3.05) is 19.4 Å². The first kappa shape index (κ1) is 29.2. The largest absolute Gasteiger partial charge is 0.324 e. The van der Waals surface area contributed by atoms with Crippen LogP contribution in [-0.2, 0) is 25.7 Å². The van der Waals surface area contributed by atoms with Crippen LogP contribution >= 0.6 is 11.8 Å². The minimum absolute atomic E-state index is 0.110. The fourth-order valence-corrected chi connectivity index (χ4v) is 5.74. The summed E-state index contributed by atoms with van der Waals surface area (Å²) in [5, 5.41) is 27.8. The lowest BCUT2D eigenvalue weighted by molar-refractivity contribution is -1.10. The lowest BCUT2D eigenvalue weighted by atomic mass is 9.99. The topological polar surface area (TPSA) is 91.7 Å². The van der Waals surface area contributed by atoms with Gasteiger partial charge in [-0.05, 0) is 99.4 Å². The van der Waals surface area contributed by atoms with Crippen molar-refractivity contribution in [1.29, 1.82) is 0 Å². The molecule has 1 aromatic carbocycles. The van der Waals surface area contributed by atoms with E-state index in [0.717, 1.165) is 23.6 Å². The van der Waals surface area contributed by atoms with Gasteiger partial charge in [-0.1, -0.05) is 33.8 Å². The van der Waals surface area contributed by atoms with E-state index in [1.54, 1.807) is 14.1 Å². The molecule has 8 nitrogen and oxygen atoms in total. The second-order valence-electron chi connectivity index (χ2n) is 10.0. The first-order chi connectivity index (χ1) is 17.7. The molecule has 1 unspecified atom stereocenters. The standard InChI is InChI=1S/C24H34N7OS.2C2H6/c1-14(2)30-20(15(3)31(4,5)32)13-21(29-30)33-24-26-23(27-28-24)25-22-18-10-6-8-16(18)12-17-9-7-11-19(17)22;2*1-2/h12-15,32H,6-11H2,1-5H3,(H2,25,26,27,28);2*1-2H3/q+1;;. The van der Waals surface area contributed by atoms with Gasteiger partial charge in [-0.3, -0.25) is 4.68 Å². The van der Waals surface area contributed by atoms with E-state index in [4.69, 9.17) is 10.1 Å². The molecule has 37 heavy (non-hydrogen) atoms. The molecule has 1 atom stereocenters. The molecule has 0 bridgehead atoms. The smallest absolute Gasteiger partial charge is 0.224 e. The van der Waals surface area contributed by atoms with Crippen LogP contribution in [0.4, 0.5) is 11.6 Å². The van der Waals surface area contributed by atoms with Gasteiger partial charge in [0.2, 0.25) is 11.1 Å². The number of aryl methyl sites for hydroxylation is 2. The number of nitrogens with zero attached hydrogens (tertiary/aromatic N) is 5. The molecule has 0 spiro atoms. The van der Waals surface area contributed by atoms with Crippen LogP contribution in [0.3, 0.4) is 0 Å². The summed E-state index contributed by atoms with van der Waals surface area (Å²) >= 11 is 1.44. The van der Waals surface area contributed by atoms with Crippen molar-refractivity contribution in [2.45, 2.75) is 109 Å². The molecule has 204 valence electrons. The summed E-state index contributed by atoms with van der Waals surface area (Å²) in [5.74, 6) is 0.678. The molecule has 2 aromatic heterocycles. The van der Waals surface area contributed by atoms with E-state index in [0.29, 0.717) is 11.1 Å². The maximum atomic E-state index is 10.5. The van der Waals surface area contributed by atoms with Gasteiger partial charge >= 0.3 is 0 Å². The van der Waals surface area contributed by atoms with Gasteiger partial charge in [0.1, 0.15) is 5.03 Å². The van der Waals surface area contributed by atoms with E-state index in [1.807, 2.05) is 45.4 Å². The molecule has 0 radical (unpaired) electrons. The Balaban J connectivity index is 0.000000907. The Hall–Kier alpha value is -2.36. The zero-order valence-corrected chi connectivity index (χ0v) is 25.0. The minimum atomic E-state index is -0.150. The molecular formula is C28H46N7OS+. The number of rotatable bonds is 7. The molecule has 9 heteroatoms. The van der Waals surface area contributed by atoms with Crippen LogP contribution in [0.15, 0.2) is 22.3 Å². The number of benzene rings is 1. The van der Waals surface area contributed by atoms with Gasteiger partial charge in [-0.25, -0.2) is 10.3 Å². The normalized spacial score (nSPS) is 14.9. The molecule has 3 aromatic rings. The zero-order chi connectivity index (χ0) is 27.3. The van der Waals surface area contributed by atoms with Gasteiger partial charge in [0.25, 0.3) is 0 Å². The Bertz CT molecular complexity index is 1140. The summed E-state index contributed by atoms with van der Waals surface area (Å²) < 4.78 is 1.83. The minimum Gasteiger partial charge on any atom is -0.324 e. The van der Waals surface area contributed by atoms with Crippen molar-refractivity contribution in [1.82, 2.24) is 25.0 Å². The lowest BCUT2D eigenvalue weighted by Crippen LogP contribution is -2.39. The Labute approximate surface area is 226 Å². The summed E-state index contributed by atoms with van der Waals surface area (Å²) in [6, 6.07) is 4.55. The number of hydrogen-bond acceptors (Lipinski definition) is 6. The third-order valence-electron chi connectivity index (χ3n) is 6.98. The van der Waals surface area contributed by atoms with E-state index in [-0.39, 0.29) is 16.7 Å². The van der Waals surface area contributed by atoms with E-state index in [9.17, 15) is 5.21 Å². The van der Waals surface area contributed by atoms with Crippen molar-refractivity contribution in [3.05, 3.63) is 40.1 Å². The van der Waals surface area contributed by atoms with E-state index in [2.05, 4.69) is 35.4 Å². The fraction of sp³-hybridized carbons (Fsp3) is 0.607. The molecule has 2 aliphatic carbocycles. The first-order valence-corrected chi connectivity index (χ1v) is 14.7. The van der Waals surface area contributed by atoms with Crippen molar-refractivity contribution >= 4 is 23.4 Å². The van der Waals surface area contributed by atoms with Crippen LogP contribution in [0, 0.1) is 0 Å². The quantitative estimate of drug-likeness (QED) is 0.225. The Morgan fingerprint density at radius 1 is 0.973 bits per heavy atom. The molecule has 0 fully saturated rings. The number of nitrogens with one attached hydrogen (secondary N) is 2. The number of hydrogen-bond donors (Lipinski definition) is 3. The highest BCUT2D eigenvalue weighted by Crippen LogP contribution is 2.40. The predicted octanol–water partition coefficient (Wildman–Crippen LogP) is 7.03. The number of anilines is 2. The second kappa shape index (κ2) is 12.5. The van der Waals surface area contributed by atoms with Gasteiger partial charge in [0, 0.05) is 11.7 Å². The highest BCUT2D eigenvalue weighted by Gasteiger charge is 2.29. The third-order valence-corrected chi connectivity index (χ3v) is 7.76. The van der Waals surface area contributed by atoms with Crippen molar-refractivity contribution in [3.8, 4) is 0 Å². The first-order valence-electron chi connectivity index (χ1n) is 13.9. The summed E-state index contributed by atoms with van der Waals surface area (Å²) in [5.41, 5.74) is 8.16. The Kier molecular flexibility index (Phi) is 9.83.